The molecule has 3 nitrogen and oxygen atoms in total. The van der Waals surface area contributed by atoms with Gasteiger partial charge in [-0.15, -0.1) is 12.4 Å². The second-order valence-electron chi connectivity index (χ2n) is 5.01. The van der Waals surface area contributed by atoms with Crippen LogP contribution in [0.3, 0.4) is 0 Å². The van der Waals surface area contributed by atoms with E-state index in [9.17, 15) is 4.79 Å². The third kappa shape index (κ3) is 4.67. The van der Waals surface area contributed by atoms with Crippen LogP contribution < -0.4 is 11.1 Å². The smallest absolute Gasteiger partial charge is 0.230 e. The Bertz CT molecular complexity index is 363. The fourth-order valence-electron chi connectivity index (χ4n) is 1.62. The number of rotatable bonds is 5. The molecule has 102 valence electrons. The number of nitrogens with one attached hydrogen (secondary N) is 1. The zero-order valence-electron chi connectivity index (χ0n) is 11.3. The summed E-state index contributed by atoms with van der Waals surface area (Å²) < 4.78 is 0. The lowest BCUT2D eigenvalue weighted by molar-refractivity contribution is -0.125. The molecule has 3 N–H and O–H groups in total. The van der Waals surface area contributed by atoms with Gasteiger partial charge in [-0.25, -0.2) is 0 Å². The number of hydrogen-bond acceptors (Lipinski definition) is 2. The first-order valence-corrected chi connectivity index (χ1v) is 6.04. The average Bonchev–Trinajstić information content (AvgIpc) is 2.29. The number of nitrogens with two attached hydrogens (primary N) is 1. The van der Waals surface area contributed by atoms with Gasteiger partial charge in [0.2, 0.25) is 5.91 Å². The second kappa shape index (κ2) is 7.39. The summed E-state index contributed by atoms with van der Waals surface area (Å²) in [6.07, 6.45) is 0.802. The van der Waals surface area contributed by atoms with Crippen molar-refractivity contribution in [2.75, 3.05) is 6.54 Å². The normalized spacial score (nSPS) is 12.4. The maximum Gasteiger partial charge on any atom is 0.230 e. The highest BCUT2D eigenvalue weighted by atomic mass is 35.5. The van der Waals surface area contributed by atoms with Crippen LogP contribution in [0.15, 0.2) is 30.3 Å². The molecule has 1 rings (SSSR count). The van der Waals surface area contributed by atoms with Crippen molar-refractivity contribution in [1.29, 1.82) is 0 Å². The van der Waals surface area contributed by atoms with Crippen molar-refractivity contribution in [2.24, 2.45) is 5.73 Å². The van der Waals surface area contributed by atoms with Crippen LogP contribution in [0, 0.1) is 0 Å². The van der Waals surface area contributed by atoms with E-state index in [0.717, 1.165) is 12.0 Å². The molecule has 0 fully saturated rings. The van der Waals surface area contributed by atoms with Crippen molar-refractivity contribution >= 4 is 18.3 Å². The first-order chi connectivity index (χ1) is 7.94. The van der Waals surface area contributed by atoms with Gasteiger partial charge in [-0.05, 0) is 32.8 Å². The summed E-state index contributed by atoms with van der Waals surface area (Å²) in [7, 11) is 0. The quantitative estimate of drug-likeness (QED) is 0.862. The SMILES string of the molecule is CC(N)CCNC(=O)C(C)(C)c1ccccc1.Cl. The van der Waals surface area contributed by atoms with Gasteiger partial charge in [0, 0.05) is 12.6 Å². The summed E-state index contributed by atoms with van der Waals surface area (Å²) in [5.74, 6) is 0.0457. The Labute approximate surface area is 116 Å². The maximum atomic E-state index is 12.1. The standard InChI is InChI=1S/C14H22N2O.ClH/c1-11(15)9-10-16-13(17)14(2,3)12-7-5-4-6-8-12;/h4-8,11H,9-10,15H2,1-3H3,(H,16,17);1H. The van der Waals surface area contributed by atoms with Crippen LogP contribution in [0.5, 0.6) is 0 Å². The molecule has 0 aliphatic heterocycles. The van der Waals surface area contributed by atoms with Crippen molar-refractivity contribution in [1.82, 2.24) is 5.32 Å². The largest absolute Gasteiger partial charge is 0.355 e. The summed E-state index contributed by atoms with van der Waals surface area (Å²) >= 11 is 0. The molecule has 4 heteroatoms. The fraction of sp³-hybridized carbons (Fsp3) is 0.500. The van der Waals surface area contributed by atoms with Gasteiger partial charge in [-0.3, -0.25) is 4.79 Å². The van der Waals surface area contributed by atoms with Crippen LogP contribution in [0.2, 0.25) is 0 Å². The van der Waals surface area contributed by atoms with Crippen LogP contribution in [-0.4, -0.2) is 18.5 Å². The van der Waals surface area contributed by atoms with Crippen molar-refractivity contribution < 1.29 is 4.79 Å². The molecule has 1 atom stereocenters. The van der Waals surface area contributed by atoms with E-state index in [-0.39, 0.29) is 24.4 Å². The molecule has 1 aromatic rings. The second-order valence-corrected chi connectivity index (χ2v) is 5.01. The molecule has 0 aromatic heterocycles. The van der Waals surface area contributed by atoms with E-state index in [0.29, 0.717) is 6.54 Å². The Hall–Kier alpha value is -1.06. The molecule has 18 heavy (non-hydrogen) atoms. The maximum absolute atomic E-state index is 12.1. The van der Waals surface area contributed by atoms with Crippen LogP contribution in [-0.2, 0) is 10.2 Å². The van der Waals surface area contributed by atoms with Gasteiger partial charge in [0.1, 0.15) is 0 Å². The Morgan fingerprint density at radius 3 is 2.39 bits per heavy atom. The molecule has 0 heterocycles. The molecule has 0 radical (unpaired) electrons. The Kier molecular flexibility index (Phi) is 6.96. The minimum atomic E-state index is -0.501. The number of carbonyl (C=O) groups excluding carboxylic acids is 1. The average molecular weight is 271 g/mol. The van der Waals surface area contributed by atoms with E-state index in [2.05, 4.69) is 5.32 Å². The number of benzene rings is 1. The van der Waals surface area contributed by atoms with Gasteiger partial charge in [-0.2, -0.15) is 0 Å². The minimum Gasteiger partial charge on any atom is -0.355 e. The van der Waals surface area contributed by atoms with E-state index in [1.54, 1.807) is 0 Å². The molecule has 1 unspecified atom stereocenters. The van der Waals surface area contributed by atoms with Gasteiger partial charge >= 0.3 is 0 Å². The van der Waals surface area contributed by atoms with Crippen LogP contribution >= 0.6 is 12.4 Å². The highest BCUT2D eigenvalue weighted by Crippen LogP contribution is 2.22. The Morgan fingerprint density at radius 1 is 1.33 bits per heavy atom. The molecule has 0 saturated carbocycles. The summed E-state index contributed by atoms with van der Waals surface area (Å²) in [5.41, 5.74) is 6.17. The highest BCUT2D eigenvalue weighted by molar-refractivity contribution is 5.87. The molecule has 0 aliphatic rings. The summed E-state index contributed by atoms with van der Waals surface area (Å²) in [6.45, 7) is 6.44. The van der Waals surface area contributed by atoms with Gasteiger partial charge in [0.05, 0.1) is 5.41 Å². The molecular weight excluding hydrogens is 248 g/mol. The molecule has 0 bridgehead atoms. The van der Waals surface area contributed by atoms with E-state index < -0.39 is 5.41 Å². The third-order valence-corrected chi connectivity index (χ3v) is 2.95. The molecule has 0 aliphatic carbocycles. The first-order valence-electron chi connectivity index (χ1n) is 6.04. The zero-order chi connectivity index (χ0) is 12.9. The molecule has 0 saturated heterocycles. The molecule has 0 spiro atoms. The van der Waals surface area contributed by atoms with Crippen LogP contribution in [0.25, 0.3) is 0 Å². The topological polar surface area (TPSA) is 55.1 Å². The van der Waals surface area contributed by atoms with Gasteiger partial charge < -0.3 is 11.1 Å². The Balaban J connectivity index is 0.00000289. The van der Waals surface area contributed by atoms with Crippen molar-refractivity contribution in [2.45, 2.75) is 38.6 Å². The lowest BCUT2D eigenvalue weighted by Crippen LogP contribution is -2.41. The number of amides is 1. The molecular formula is C14H23ClN2O. The predicted molar refractivity (Wildman–Crippen MR) is 78.0 cm³/mol. The molecule has 1 aromatic carbocycles. The highest BCUT2D eigenvalue weighted by Gasteiger charge is 2.28. The van der Waals surface area contributed by atoms with Crippen LogP contribution in [0.4, 0.5) is 0 Å². The van der Waals surface area contributed by atoms with E-state index >= 15 is 0 Å². The van der Waals surface area contributed by atoms with Crippen LogP contribution in [0.1, 0.15) is 32.8 Å². The number of hydrogen-bond donors (Lipinski definition) is 2. The van der Waals surface area contributed by atoms with Gasteiger partial charge in [-0.1, -0.05) is 30.3 Å². The van der Waals surface area contributed by atoms with E-state index in [1.165, 1.54) is 0 Å². The van der Waals surface area contributed by atoms with Gasteiger partial charge in [0.25, 0.3) is 0 Å². The third-order valence-electron chi connectivity index (χ3n) is 2.95. The Morgan fingerprint density at radius 2 is 1.89 bits per heavy atom. The van der Waals surface area contributed by atoms with Gasteiger partial charge in [0.15, 0.2) is 0 Å². The van der Waals surface area contributed by atoms with Crippen molar-refractivity contribution in [3.63, 3.8) is 0 Å². The summed E-state index contributed by atoms with van der Waals surface area (Å²) in [5, 5.41) is 2.93. The fourth-order valence-corrected chi connectivity index (χ4v) is 1.62. The zero-order valence-corrected chi connectivity index (χ0v) is 12.1. The molecule has 1 amide bonds. The monoisotopic (exact) mass is 270 g/mol. The van der Waals surface area contributed by atoms with E-state index in [4.69, 9.17) is 5.73 Å². The number of carbonyl (C=O) groups is 1. The van der Waals surface area contributed by atoms with Crippen molar-refractivity contribution in [3.05, 3.63) is 35.9 Å². The first kappa shape index (κ1) is 16.9. The summed E-state index contributed by atoms with van der Waals surface area (Å²) in [4.78, 5) is 12.1. The lowest BCUT2D eigenvalue weighted by atomic mass is 9.84. The van der Waals surface area contributed by atoms with E-state index in [1.807, 2.05) is 51.1 Å². The minimum absolute atomic E-state index is 0. The predicted octanol–water partition coefficient (Wildman–Crippen LogP) is 2.24. The summed E-state index contributed by atoms with van der Waals surface area (Å²) in [6, 6.07) is 9.93. The lowest BCUT2D eigenvalue weighted by Gasteiger charge is -2.24. The number of halogens is 1. The van der Waals surface area contributed by atoms with Crippen molar-refractivity contribution in [3.8, 4) is 0 Å².